The molecule has 0 saturated heterocycles. The van der Waals surface area contributed by atoms with Crippen molar-refractivity contribution in [1.82, 2.24) is 0 Å². The Balaban J connectivity index is 2.02. The molecule has 1 heterocycles. The van der Waals surface area contributed by atoms with E-state index in [1.807, 2.05) is 25.1 Å². The highest BCUT2D eigenvalue weighted by Gasteiger charge is 2.44. The fraction of sp³-hybridized carbons (Fsp3) is 0.118. The molecule has 0 fully saturated rings. The van der Waals surface area contributed by atoms with Crippen LogP contribution in [0.1, 0.15) is 11.1 Å². The number of benzene rings is 2. The summed E-state index contributed by atoms with van der Waals surface area (Å²) in [6, 6.07) is 15.9. The van der Waals surface area contributed by atoms with Crippen molar-refractivity contribution in [3.8, 4) is 0 Å². The van der Waals surface area contributed by atoms with Crippen LogP contribution in [0.5, 0.6) is 0 Å². The highest BCUT2D eigenvalue weighted by Crippen LogP contribution is 2.36. The van der Waals surface area contributed by atoms with Crippen molar-refractivity contribution in [3.05, 3.63) is 71.8 Å². The number of nitrogens with zero attached hydrogens (tertiary/aromatic N) is 1. The van der Waals surface area contributed by atoms with E-state index < -0.39 is 6.11 Å². The zero-order valence-corrected chi connectivity index (χ0v) is 11.4. The molecule has 2 nitrogen and oxygen atoms in total. The molecule has 0 spiro atoms. The molecule has 0 unspecified atom stereocenters. The molecule has 0 radical (unpaired) electrons. The van der Waals surface area contributed by atoms with Crippen LogP contribution in [-0.4, -0.2) is 11.8 Å². The zero-order valence-electron chi connectivity index (χ0n) is 11.4. The second kappa shape index (κ2) is 5.13. The molecular weight excluding hydrogens is 272 g/mol. The highest BCUT2D eigenvalue weighted by atomic mass is 19.3. The third kappa shape index (κ3) is 2.70. The van der Waals surface area contributed by atoms with Gasteiger partial charge in [-0.1, -0.05) is 48.5 Å². The maximum atomic E-state index is 14.0. The average molecular weight is 285 g/mol. The van der Waals surface area contributed by atoms with E-state index in [-0.39, 0.29) is 11.5 Å². The quantitative estimate of drug-likeness (QED) is 0.781. The Kier molecular flexibility index (Phi) is 3.29. The van der Waals surface area contributed by atoms with Gasteiger partial charge in [-0.05, 0) is 18.6 Å². The first-order valence-electron chi connectivity index (χ1n) is 6.55. The normalized spacial score (nSPS) is 18.4. The summed E-state index contributed by atoms with van der Waals surface area (Å²) in [5.41, 5.74) is 1.58. The molecule has 106 valence electrons. The molecule has 1 aliphatic heterocycles. The Morgan fingerprint density at radius 3 is 2.33 bits per heavy atom. The van der Waals surface area contributed by atoms with E-state index >= 15 is 0 Å². The summed E-state index contributed by atoms with van der Waals surface area (Å²) >= 11 is 0. The highest BCUT2D eigenvalue weighted by molar-refractivity contribution is 6.08. The van der Waals surface area contributed by atoms with E-state index in [4.69, 9.17) is 4.74 Å². The number of alkyl halides is 2. The number of halogens is 2. The summed E-state index contributed by atoms with van der Waals surface area (Å²) in [5.74, 6) is 0.132. The molecule has 2 aromatic rings. The van der Waals surface area contributed by atoms with E-state index in [1.54, 1.807) is 36.4 Å². The Labute approximate surface area is 121 Å². The van der Waals surface area contributed by atoms with Gasteiger partial charge in [0.15, 0.2) is 5.71 Å². The van der Waals surface area contributed by atoms with Gasteiger partial charge in [-0.25, -0.2) is 4.99 Å². The van der Waals surface area contributed by atoms with E-state index in [1.165, 1.54) is 6.08 Å². The second-order valence-electron chi connectivity index (χ2n) is 4.78. The minimum Gasteiger partial charge on any atom is -0.427 e. The molecule has 4 heteroatoms. The van der Waals surface area contributed by atoms with Gasteiger partial charge in [-0.15, -0.1) is 0 Å². The molecule has 0 N–H and O–H groups in total. The zero-order chi connectivity index (χ0) is 14.9. The summed E-state index contributed by atoms with van der Waals surface area (Å²) in [6.45, 7) is 1.83. The van der Waals surface area contributed by atoms with Crippen molar-refractivity contribution in [2.45, 2.75) is 13.0 Å². The van der Waals surface area contributed by atoms with Gasteiger partial charge in [-0.2, -0.15) is 8.78 Å². The van der Waals surface area contributed by atoms with Crippen molar-refractivity contribution in [2.24, 2.45) is 4.99 Å². The number of aryl methyl sites for hydroxylation is 1. The fourth-order valence-electron chi connectivity index (χ4n) is 2.09. The molecule has 0 bridgehead atoms. The maximum Gasteiger partial charge on any atom is 0.444 e. The lowest BCUT2D eigenvalue weighted by Crippen LogP contribution is -2.24. The lowest BCUT2D eigenvalue weighted by atomic mass is 10.1. The molecule has 1 aliphatic rings. The van der Waals surface area contributed by atoms with Gasteiger partial charge in [0.05, 0.1) is 5.69 Å². The van der Waals surface area contributed by atoms with Crippen molar-refractivity contribution in [2.75, 3.05) is 0 Å². The third-order valence-electron chi connectivity index (χ3n) is 3.22. The van der Waals surface area contributed by atoms with Crippen LogP contribution >= 0.6 is 0 Å². The van der Waals surface area contributed by atoms with Crippen LogP contribution in [0.3, 0.4) is 0 Å². The largest absolute Gasteiger partial charge is 0.444 e. The van der Waals surface area contributed by atoms with Crippen LogP contribution < -0.4 is 0 Å². The first kappa shape index (κ1) is 13.5. The molecule has 0 aromatic heterocycles. The predicted octanol–water partition coefficient (Wildman–Crippen LogP) is 4.73. The van der Waals surface area contributed by atoms with Gasteiger partial charge >= 0.3 is 6.11 Å². The lowest BCUT2D eigenvalue weighted by Gasteiger charge is -2.12. The SMILES string of the molecule is Cc1ccccc1N=C1C=C(c2ccccc2)OC1(F)F. The van der Waals surface area contributed by atoms with Gasteiger partial charge in [0.25, 0.3) is 0 Å². The molecule has 2 aromatic carbocycles. The first-order valence-corrected chi connectivity index (χ1v) is 6.55. The summed E-state index contributed by atoms with van der Waals surface area (Å²) in [7, 11) is 0. The number of hydrogen-bond donors (Lipinski definition) is 0. The number of rotatable bonds is 2. The number of hydrogen-bond acceptors (Lipinski definition) is 2. The number of aliphatic imine (C=N–C) groups is 1. The van der Waals surface area contributed by atoms with Gasteiger partial charge in [0.1, 0.15) is 5.76 Å². The van der Waals surface area contributed by atoms with Gasteiger partial charge in [-0.3, -0.25) is 0 Å². The Morgan fingerprint density at radius 2 is 1.62 bits per heavy atom. The van der Waals surface area contributed by atoms with Gasteiger partial charge < -0.3 is 4.74 Å². The molecule has 21 heavy (non-hydrogen) atoms. The van der Waals surface area contributed by atoms with E-state index in [2.05, 4.69) is 4.99 Å². The predicted molar refractivity (Wildman–Crippen MR) is 78.7 cm³/mol. The second-order valence-corrected chi connectivity index (χ2v) is 4.78. The summed E-state index contributed by atoms with van der Waals surface area (Å²) < 4.78 is 32.7. The first-order chi connectivity index (χ1) is 10.1. The Morgan fingerprint density at radius 1 is 0.952 bits per heavy atom. The number of para-hydroxylation sites is 1. The fourth-order valence-corrected chi connectivity index (χ4v) is 2.09. The van der Waals surface area contributed by atoms with Crippen LogP contribution in [0, 0.1) is 6.92 Å². The summed E-state index contributed by atoms with van der Waals surface area (Å²) in [4.78, 5) is 4.05. The van der Waals surface area contributed by atoms with Crippen LogP contribution in [0.25, 0.3) is 5.76 Å². The minimum absolute atomic E-state index is 0.132. The molecular formula is C17H13F2NO. The molecule has 3 rings (SSSR count). The summed E-state index contributed by atoms with van der Waals surface area (Å²) in [6.07, 6.45) is -2.12. The minimum atomic E-state index is -3.41. The monoisotopic (exact) mass is 285 g/mol. The third-order valence-corrected chi connectivity index (χ3v) is 3.22. The van der Waals surface area contributed by atoms with Gasteiger partial charge in [0, 0.05) is 11.6 Å². The average Bonchev–Trinajstić information content (AvgIpc) is 2.78. The molecule has 0 saturated carbocycles. The maximum absolute atomic E-state index is 14.0. The van der Waals surface area contributed by atoms with Gasteiger partial charge in [0.2, 0.25) is 0 Å². The molecule has 0 amide bonds. The van der Waals surface area contributed by atoms with Crippen LogP contribution in [0.15, 0.2) is 65.7 Å². The Bertz CT molecular complexity index is 721. The van der Waals surface area contributed by atoms with Crippen molar-refractivity contribution in [3.63, 3.8) is 0 Å². The lowest BCUT2D eigenvalue weighted by molar-refractivity contribution is -0.125. The topological polar surface area (TPSA) is 21.6 Å². The van der Waals surface area contributed by atoms with E-state index in [9.17, 15) is 8.78 Å². The van der Waals surface area contributed by atoms with Crippen LogP contribution in [0.2, 0.25) is 0 Å². The van der Waals surface area contributed by atoms with E-state index in [0.29, 0.717) is 11.3 Å². The standard InChI is InChI=1S/C17H13F2NO/c1-12-7-5-6-10-14(12)20-16-11-15(21-17(16,18)19)13-8-3-2-4-9-13/h2-11H,1H3. The van der Waals surface area contributed by atoms with Crippen LogP contribution in [0.4, 0.5) is 14.5 Å². The van der Waals surface area contributed by atoms with Crippen molar-refractivity contribution < 1.29 is 13.5 Å². The molecule has 0 aliphatic carbocycles. The smallest absolute Gasteiger partial charge is 0.427 e. The van der Waals surface area contributed by atoms with Crippen LogP contribution in [-0.2, 0) is 4.74 Å². The summed E-state index contributed by atoms with van der Waals surface area (Å²) in [5, 5.41) is 0. The van der Waals surface area contributed by atoms with Crippen molar-refractivity contribution in [1.29, 1.82) is 0 Å². The number of ether oxygens (including phenoxy) is 1. The molecule has 0 atom stereocenters. The van der Waals surface area contributed by atoms with Crippen molar-refractivity contribution >= 4 is 17.2 Å². The Hall–Kier alpha value is -2.49. The van der Waals surface area contributed by atoms with E-state index in [0.717, 1.165) is 5.56 Å².